The molecule has 0 atom stereocenters. The standard InChI is InChI=1S/C18H27NO2/c1-18(2,16-11-13-19-14-12-16)21-17(20)10-6-9-15-7-4-3-5-8-15/h3-5,7-8,16,19H,6,9-14H2,1-2H3/p+1. The van der Waals surface area contributed by atoms with Crippen molar-refractivity contribution in [1.29, 1.82) is 0 Å². The molecule has 1 aromatic carbocycles. The Morgan fingerprint density at radius 3 is 2.57 bits per heavy atom. The molecule has 0 spiro atoms. The number of ether oxygens (including phenoxy) is 1. The maximum atomic E-state index is 12.1. The Kier molecular flexibility index (Phi) is 5.80. The van der Waals surface area contributed by atoms with E-state index in [9.17, 15) is 4.79 Å². The molecule has 0 amide bonds. The van der Waals surface area contributed by atoms with Crippen LogP contribution in [0.4, 0.5) is 0 Å². The lowest BCUT2D eigenvalue weighted by atomic mass is 9.83. The molecule has 1 fully saturated rings. The van der Waals surface area contributed by atoms with Gasteiger partial charge in [-0.1, -0.05) is 30.3 Å². The summed E-state index contributed by atoms with van der Waals surface area (Å²) in [5.74, 6) is 0.450. The first-order valence-electron chi connectivity index (χ1n) is 8.15. The van der Waals surface area contributed by atoms with Crippen LogP contribution in [0.25, 0.3) is 0 Å². The highest BCUT2D eigenvalue weighted by molar-refractivity contribution is 5.69. The molecule has 21 heavy (non-hydrogen) atoms. The van der Waals surface area contributed by atoms with E-state index in [0.29, 0.717) is 12.3 Å². The van der Waals surface area contributed by atoms with Gasteiger partial charge in [0, 0.05) is 25.2 Å². The lowest BCUT2D eigenvalue weighted by Gasteiger charge is -2.35. The van der Waals surface area contributed by atoms with Gasteiger partial charge in [-0.05, 0) is 32.3 Å². The normalized spacial score (nSPS) is 16.7. The van der Waals surface area contributed by atoms with Crippen LogP contribution in [0.3, 0.4) is 0 Å². The molecule has 116 valence electrons. The van der Waals surface area contributed by atoms with Crippen LogP contribution in [0.5, 0.6) is 0 Å². The largest absolute Gasteiger partial charge is 0.459 e. The zero-order chi connectivity index (χ0) is 15.1. The van der Waals surface area contributed by atoms with E-state index in [1.165, 1.54) is 5.56 Å². The van der Waals surface area contributed by atoms with Crippen molar-refractivity contribution in [2.75, 3.05) is 13.1 Å². The third kappa shape index (κ3) is 5.16. The summed E-state index contributed by atoms with van der Waals surface area (Å²) in [4.78, 5) is 12.1. The Balaban J connectivity index is 1.73. The van der Waals surface area contributed by atoms with Crippen molar-refractivity contribution >= 4 is 5.97 Å². The first-order valence-corrected chi connectivity index (χ1v) is 8.15. The third-order valence-electron chi connectivity index (χ3n) is 4.49. The Labute approximate surface area is 128 Å². The molecule has 0 radical (unpaired) electrons. The zero-order valence-electron chi connectivity index (χ0n) is 13.3. The van der Waals surface area contributed by atoms with Gasteiger partial charge in [0.1, 0.15) is 5.60 Å². The second-order valence-electron chi connectivity index (χ2n) is 6.56. The molecule has 3 nitrogen and oxygen atoms in total. The SMILES string of the molecule is CC(C)(OC(=O)CCCc1ccccc1)C1CC[NH2+]CC1. The number of hydrogen-bond donors (Lipinski definition) is 1. The number of carbonyl (C=O) groups is 1. The summed E-state index contributed by atoms with van der Waals surface area (Å²) in [6, 6.07) is 10.3. The average Bonchev–Trinajstić information content (AvgIpc) is 2.49. The Morgan fingerprint density at radius 1 is 1.24 bits per heavy atom. The molecule has 0 unspecified atom stereocenters. The topological polar surface area (TPSA) is 42.9 Å². The van der Waals surface area contributed by atoms with Crippen LogP contribution < -0.4 is 5.32 Å². The summed E-state index contributed by atoms with van der Waals surface area (Å²) in [6.07, 6.45) is 4.60. The van der Waals surface area contributed by atoms with Crippen LogP contribution in [-0.4, -0.2) is 24.7 Å². The molecule has 1 saturated heterocycles. The van der Waals surface area contributed by atoms with Crippen LogP contribution in [0, 0.1) is 5.92 Å². The van der Waals surface area contributed by atoms with Gasteiger partial charge in [-0.15, -0.1) is 0 Å². The lowest BCUT2D eigenvalue weighted by molar-refractivity contribution is -0.665. The van der Waals surface area contributed by atoms with E-state index in [2.05, 4.69) is 31.3 Å². The number of carbonyl (C=O) groups excluding carboxylic acids is 1. The van der Waals surface area contributed by atoms with Gasteiger partial charge in [-0.3, -0.25) is 4.79 Å². The van der Waals surface area contributed by atoms with E-state index >= 15 is 0 Å². The summed E-state index contributed by atoms with van der Waals surface area (Å²) in [5.41, 5.74) is 0.963. The summed E-state index contributed by atoms with van der Waals surface area (Å²) >= 11 is 0. The Bertz CT molecular complexity index is 436. The number of piperidine rings is 1. The Hall–Kier alpha value is -1.35. The summed E-state index contributed by atoms with van der Waals surface area (Å²) in [6.45, 7) is 6.44. The van der Waals surface area contributed by atoms with Gasteiger partial charge < -0.3 is 10.1 Å². The third-order valence-corrected chi connectivity index (χ3v) is 4.49. The number of esters is 1. The average molecular weight is 290 g/mol. The molecule has 0 aliphatic carbocycles. The van der Waals surface area contributed by atoms with Gasteiger partial charge in [0.2, 0.25) is 0 Å². The minimum Gasteiger partial charge on any atom is -0.459 e. The fraction of sp³-hybridized carbons (Fsp3) is 0.611. The highest BCUT2D eigenvalue weighted by atomic mass is 16.6. The monoisotopic (exact) mass is 290 g/mol. The van der Waals surface area contributed by atoms with Crippen LogP contribution in [0.2, 0.25) is 0 Å². The Morgan fingerprint density at radius 2 is 1.90 bits per heavy atom. The number of quaternary nitrogens is 1. The van der Waals surface area contributed by atoms with Crippen molar-refractivity contribution in [1.82, 2.24) is 0 Å². The fourth-order valence-corrected chi connectivity index (χ4v) is 3.13. The van der Waals surface area contributed by atoms with E-state index in [-0.39, 0.29) is 11.6 Å². The van der Waals surface area contributed by atoms with Crippen molar-refractivity contribution < 1.29 is 14.8 Å². The van der Waals surface area contributed by atoms with Crippen LogP contribution in [-0.2, 0) is 16.0 Å². The first kappa shape index (κ1) is 16.0. The lowest BCUT2D eigenvalue weighted by Crippen LogP contribution is -2.86. The van der Waals surface area contributed by atoms with Crippen LogP contribution in [0.15, 0.2) is 30.3 Å². The molecule has 1 aliphatic heterocycles. The summed E-state index contributed by atoms with van der Waals surface area (Å²) in [5, 5.41) is 2.34. The molecule has 0 aromatic heterocycles. The van der Waals surface area contributed by atoms with Crippen molar-refractivity contribution in [2.45, 2.75) is 51.6 Å². The van der Waals surface area contributed by atoms with Crippen LogP contribution >= 0.6 is 0 Å². The summed E-state index contributed by atoms with van der Waals surface area (Å²) in [7, 11) is 0. The molecule has 0 bridgehead atoms. The molecule has 2 N–H and O–H groups in total. The molecule has 1 aliphatic rings. The highest BCUT2D eigenvalue weighted by Gasteiger charge is 2.35. The van der Waals surface area contributed by atoms with Gasteiger partial charge in [0.25, 0.3) is 0 Å². The second kappa shape index (κ2) is 7.60. The van der Waals surface area contributed by atoms with Gasteiger partial charge >= 0.3 is 5.97 Å². The minimum atomic E-state index is -0.321. The predicted octanol–water partition coefficient (Wildman–Crippen LogP) is 2.30. The smallest absolute Gasteiger partial charge is 0.306 e. The number of nitrogens with two attached hydrogens (primary N) is 1. The van der Waals surface area contributed by atoms with Crippen molar-refractivity contribution in [3.8, 4) is 0 Å². The maximum absolute atomic E-state index is 12.1. The zero-order valence-corrected chi connectivity index (χ0v) is 13.3. The number of hydrogen-bond acceptors (Lipinski definition) is 2. The van der Waals surface area contributed by atoms with Crippen molar-refractivity contribution in [3.05, 3.63) is 35.9 Å². The quantitative estimate of drug-likeness (QED) is 0.817. The molecule has 2 rings (SSSR count). The summed E-state index contributed by atoms with van der Waals surface area (Å²) < 4.78 is 5.76. The van der Waals surface area contributed by atoms with Gasteiger partial charge in [-0.25, -0.2) is 0 Å². The minimum absolute atomic E-state index is 0.0505. The maximum Gasteiger partial charge on any atom is 0.306 e. The van der Waals surface area contributed by atoms with E-state index in [1.54, 1.807) is 0 Å². The van der Waals surface area contributed by atoms with Crippen LogP contribution in [0.1, 0.15) is 45.1 Å². The van der Waals surface area contributed by atoms with E-state index in [1.807, 2.05) is 18.2 Å². The molecule has 1 aromatic rings. The van der Waals surface area contributed by atoms with E-state index < -0.39 is 0 Å². The van der Waals surface area contributed by atoms with E-state index in [4.69, 9.17) is 4.74 Å². The second-order valence-corrected chi connectivity index (χ2v) is 6.56. The van der Waals surface area contributed by atoms with Crippen molar-refractivity contribution in [2.24, 2.45) is 5.92 Å². The first-order chi connectivity index (χ1) is 10.1. The van der Waals surface area contributed by atoms with Gasteiger partial charge in [0.15, 0.2) is 0 Å². The fourth-order valence-electron chi connectivity index (χ4n) is 3.13. The van der Waals surface area contributed by atoms with E-state index in [0.717, 1.165) is 38.8 Å². The number of aryl methyl sites for hydroxylation is 1. The molecule has 3 heteroatoms. The van der Waals surface area contributed by atoms with Gasteiger partial charge in [-0.2, -0.15) is 0 Å². The molecular weight excluding hydrogens is 262 g/mol. The number of rotatable bonds is 6. The highest BCUT2D eigenvalue weighted by Crippen LogP contribution is 2.28. The molecular formula is C18H28NO2+. The van der Waals surface area contributed by atoms with Crippen molar-refractivity contribution in [3.63, 3.8) is 0 Å². The predicted molar refractivity (Wildman–Crippen MR) is 83.9 cm³/mol. The number of benzene rings is 1. The van der Waals surface area contributed by atoms with Gasteiger partial charge in [0.05, 0.1) is 13.1 Å². The molecule has 0 saturated carbocycles. The molecule has 1 heterocycles.